The molecule has 0 aliphatic carbocycles. The van der Waals surface area contributed by atoms with Gasteiger partial charge in [-0.05, 0) is 48.6 Å². The van der Waals surface area contributed by atoms with E-state index in [4.69, 9.17) is 9.47 Å². The van der Waals surface area contributed by atoms with Crippen LogP contribution in [0.1, 0.15) is 11.1 Å². The van der Waals surface area contributed by atoms with Crippen LogP contribution in [0, 0.1) is 0 Å². The molecule has 0 aliphatic heterocycles. The van der Waals surface area contributed by atoms with E-state index in [2.05, 4.69) is 10.6 Å². The first-order chi connectivity index (χ1) is 19.6. The van der Waals surface area contributed by atoms with Gasteiger partial charge in [-0.1, -0.05) is 82.3 Å². The average molecular weight is 569 g/mol. The zero-order valence-electron chi connectivity index (χ0n) is 22.0. The third kappa shape index (κ3) is 8.05. The normalized spacial score (nSPS) is 10.9. The summed E-state index contributed by atoms with van der Waals surface area (Å²) in [6, 6.07) is 30.2. The molecule has 0 spiro atoms. The van der Waals surface area contributed by atoms with Gasteiger partial charge in [-0.3, -0.25) is 9.59 Å². The number of carbonyl (C=O) groups is 2. The quantitative estimate of drug-likeness (QED) is 0.142. The predicted molar refractivity (Wildman–Crippen MR) is 166 cm³/mol. The molecule has 0 radical (unpaired) electrons. The van der Waals surface area contributed by atoms with E-state index < -0.39 is 0 Å². The smallest absolute Gasteiger partial charge is 0.248 e. The van der Waals surface area contributed by atoms with Gasteiger partial charge in [0, 0.05) is 33.1 Å². The van der Waals surface area contributed by atoms with E-state index in [1.54, 1.807) is 26.4 Å². The molecule has 0 saturated carbocycles. The molecule has 40 heavy (non-hydrogen) atoms. The van der Waals surface area contributed by atoms with E-state index in [0.29, 0.717) is 22.9 Å². The Morgan fingerprint density at radius 1 is 0.575 bits per heavy atom. The van der Waals surface area contributed by atoms with Gasteiger partial charge in [-0.25, -0.2) is 0 Å². The van der Waals surface area contributed by atoms with Crippen molar-refractivity contribution < 1.29 is 19.1 Å². The molecule has 0 unspecified atom stereocenters. The summed E-state index contributed by atoms with van der Waals surface area (Å²) in [5.74, 6) is 0.886. The zero-order chi connectivity index (χ0) is 28.2. The number of benzene rings is 4. The van der Waals surface area contributed by atoms with Crippen LogP contribution in [-0.2, 0) is 9.59 Å². The third-order valence-electron chi connectivity index (χ3n) is 5.62. The number of rotatable bonds is 11. The Morgan fingerprint density at radius 3 is 1.38 bits per heavy atom. The van der Waals surface area contributed by atoms with Crippen molar-refractivity contribution in [2.45, 2.75) is 9.79 Å². The minimum atomic E-state index is -0.251. The summed E-state index contributed by atoms with van der Waals surface area (Å²) in [4.78, 5) is 27.1. The van der Waals surface area contributed by atoms with E-state index in [1.807, 2.05) is 97.1 Å². The first-order valence-corrected chi connectivity index (χ1v) is 14.5. The van der Waals surface area contributed by atoms with Gasteiger partial charge in [-0.2, -0.15) is 0 Å². The van der Waals surface area contributed by atoms with Crippen LogP contribution in [0.3, 0.4) is 0 Å². The summed E-state index contributed by atoms with van der Waals surface area (Å²) >= 11 is 0. The molecular formula is C32H28N2O4S2. The van der Waals surface area contributed by atoms with Crippen molar-refractivity contribution in [3.63, 3.8) is 0 Å². The van der Waals surface area contributed by atoms with Crippen LogP contribution >= 0.6 is 21.6 Å². The fraction of sp³-hybridized carbons (Fsp3) is 0.0625. The molecule has 0 aromatic heterocycles. The highest BCUT2D eigenvalue weighted by molar-refractivity contribution is 8.76. The number of anilines is 2. The van der Waals surface area contributed by atoms with Gasteiger partial charge in [0.05, 0.1) is 25.6 Å². The molecule has 0 atom stereocenters. The number of carbonyl (C=O) groups excluding carboxylic acids is 2. The summed E-state index contributed by atoms with van der Waals surface area (Å²) in [6.45, 7) is 0. The second kappa shape index (κ2) is 14.7. The first-order valence-electron chi connectivity index (χ1n) is 12.3. The van der Waals surface area contributed by atoms with Crippen LogP contribution in [0.4, 0.5) is 11.4 Å². The Bertz CT molecular complexity index is 1420. The molecule has 2 amide bonds. The Balaban J connectivity index is 1.40. The maximum absolute atomic E-state index is 12.7. The highest BCUT2D eigenvalue weighted by atomic mass is 33.1. The van der Waals surface area contributed by atoms with Crippen LogP contribution in [0.2, 0.25) is 0 Å². The maximum atomic E-state index is 12.7. The Labute approximate surface area is 241 Å². The lowest BCUT2D eigenvalue weighted by Crippen LogP contribution is -2.08. The van der Waals surface area contributed by atoms with Crippen LogP contribution < -0.4 is 20.1 Å². The fourth-order valence-corrected chi connectivity index (χ4v) is 5.94. The van der Waals surface area contributed by atoms with E-state index in [0.717, 1.165) is 20.9 Å². The fourth-order valence-electron chi connectivity index (χ4n) is 3.66. The second-order valence-electron chi connectivity index (χ2n) is 8.29. The van der Waals surface area contributed by atoms with Gasteiger partial charge >= 0.3 is 0 Å². The second-order valence-corrected chi connectivity index (χ2v) is 10.5. The third-order valence-corrected chi connectivity index (χ3v) is 8.10. The summed E-state index contributed by atoms with van der Waals surface area (Å²) in [5, 5.41) is 5.91. The summed E-state index contributed by atoms with van der Waals surface area (Å²) in [7, 11) is 6.18. The van der Waals surface area contributed by atoms with Crippen molar-refractivity contribution in [3.8, 4) is 11.5 Å². The van der Waals surface area contributed by atoms with E-state index in [9.17, 15) is 9.59 Å². The Hall–Kier alpha value is -4.40. The standard InChI is InChI=1S/C32H28N2O4S2/c1-37-27-15-7-3-11-23(27)19-21-31(35)33-25-13-5-9-17-29(25)39-40-30-18-10-6-14-26(30)34-32(36)22-20-24-12-4-8-16-28(24)38-2/h3-22H,1-2H3,(H,33,35)(H,34,36). The molecule has 0 heterocycles. The molecule has 4 rings (SSSR count). The summed E-state index contributed by atoms with van der Waals surface area (Å²) in [5.41, 5.74) is 3.01. The number of ether oxygens (including phenoxy) is 2. The molecule has 0 bridgehead atoms. The van der Waals surface area contributed by atoms with E-state index in [-0.39, 0.29) is 11.8 Å². The van der Waals surface area contributed by atoms with Crippen LogP contribution in [0.5, 0.6) is 11.5 Å². The first kappa shape index (κ1) is 28.6. The number of methoxy groups -OCH3 is 2. The van der Waals surface area contributed by atoms with Crippen molar-refractivity contribution in [3.05, 3.63) is 120 Å². The Kier molecular flexibility index (Phi) is 10.5. The lowest BCUT2D eigenvalue weighted by Gasteiger charge is -2.11. The molecule has 8 heteroatoms. The molecular weight excluding hydrogens is 540 g/mol. The van der Waals surface area contributed by atoms with Crippen LogP contribution in [-0.4, -0.2) is 26.0 Å². The molecule has 202 valence electrons. The van der Waals surface area contributed by atoms with Crippen molar-refractivity contribution >= 4 is 56.9 Å². The average Bonchev–Trinajstić information content (AvgIpc) is 2.99. The van der Waals surface area contributed by atoms with E-state index >= 15 is 0 Å². The predicted octanol–water partition coefficient (Wildman–Crippen LogP) is 7.81. The topological polar surface area (TPSA) is 76.7 Å². The number of hydrogen-bond donors (Lipinski definition) is 2. The molecule has 0 fully saturated rings. The van der Waals surface area contributed by atoms with Gasteiger partial charge < -0.3 is 20.1 Å². The van der Waals surface area contributed by atoms with Gasteiger partial charge in [0.2, 0.25) is 11.8 Å². The van der Waals surface area contributed by atoms with Gasteiger partial charge in [0.1, 0.15) is 11.5 Å². The zero-order valence-corrected chi connectivity index (χ0v) is 23.6. The lowest BCUT2D eigenvalue weighted by molar-refractivity contribution is -0.112. The molecule has 4 aromatic carbocycles. The van der Waals surface area contributed by atoms with Crippen LogP contribution in [0.15, 0.2) is 119 Å². The van der Waals surface area contributed by atoms with E-state index in [1.165, 1.54) is 33.7 Å². The monoisotopic (exact) mass is 568 g/mol. The van der Waals surface area contributed by atoms with Gasteiger partial charge in [0.15, 0.2) is 0 Å². The van der Waals surface area contributed by atoms with Crippen LogP contribution in [0.25, 0.3) is 12.2 Å². The minimum Gasteiger partial charge on any atom is -0.496 e. The molecule has 0 aliphatic rings. The van der Waals surface area contributed by atoms with Crippen molar-refractivity contribution in [1.82, 2.24) is 0 Å². The lowest BCUT2D eigenvalue weighted by atomic mass is 10.2. The number of para-hydroxylation sites is 4. The highest BCUT2D eigenvalue weighted by Gasteiger charge is 2.10. The molecule has 0 saturated heterocycles. The highest BCUT2D eigenvalue weighted by Crippen LogP contribution is 2.43. The number of amides is 2. The maximum Gasteiger partial charge on any atom is 0.248 e. The van der Waals surface area contributed by atoms with Gasteiger partial charge in [0.25, 0.3) is 0 Å². The summed E-state index contributed by atoms with van der Waals surface area (Å²) < 4.78 is 10.7. The number of hydrogen-bond acceptors (Lipinski definition) is 6. The summed E-state index contributed by atoms with van der Waals surface area (Å²) in [6.07, 6.45) is 6.41. The molecule has 4 aromatic rings. The number of nitrogens with one attached hydrogen (secondary N) is 2. The van der Waals surface area contributed by atoms with Crippen molar-refractivity contribution in [2.24, 2.45) is 0 Å². The van der Waals surface area contributed by atoms with Gasteiger partial charge in [-0.15, -0.1) is 0 Å². The molecule has 2 N–H and O–H groups in total. The largest absolute Gasteiger partial charge is 0.496 e. The van der Waals surface area contributed by atoms with Crippen molar-refractivity contribution in [1.29, 1.82) is 0 Å². The minimum absolute atomic E-state index is 0.251. The van der Waals surface area contributed by atoms with Crippen molar-refractivity contribution in [2.75, 3.05) is 24.9 Å². The molecule has 6 nitrogen and oxygen atoms in total. The SMILES string of the molecule is COc1ccccc1C=CC(=O)Nc1ccccc1SSc1ccccc1NC(=O)C=Cc1ccccc1OC. The Morgan fingerprint density at radius 2 is 0.950 bits per heavy atom.